The van der Waals surface area contributed by atoms with Crippen LogP contribution in [0.15, 0.2) is 40.2 Å². The molecule has 5 heteroatoms. The van der Waals surface area contributed by atoms with E-state index in [1.54, 1.807) is 6.07 Å². The molecule has 2 N–H and O–H groups in total. The summed E-state index contributed by atoms with van der Waals surface area (Å²) >= 11 is 6.18. The van der Waals surface area contributed by atoms with Crippen molar-refractivity contribution in [2.24, 2.45) is 0 Å². The third-order valence-electron chi connectivity index (χ3n) is 2.72. The number of fused-ring (bicyclic) bond motifs is 2. The highest BCUT2D eigenvalue weighted by Gasteiger charge is 2.09. The van der Waals surface area contributed by atoms with Crippen molar-refractivity contribution in [3.8, 4) is 0 Å². The van der Waals surface area contributed by atoms with Crippen molar-refractivity contribution in [1.82, 2.24) is 9.97 Å². The summed E-state index contributed by atoms with van der Waals surface area (Å²) in [6.07, 6.45) is 3.06. The average molecular weight is 247 g/mol. The van der Waals surface area contributed by atoms with Gasteiger partial charge in [0.1, 0.15) is 0 Å². The normalized spacial score (nSPS) is 11.1. The first-order valence-corrected chi connectivity index (χ1v) is 5.37. The van der Waals surface area contributed by atoms with Gasteiger partial charge in [0.2, 0.25) is 0 Å². The number of benzene rings is 1. The average Bonchev–Trinajstić information content (AvgIpc) is 2.32. The van der Waals surface area contributed by atoms with E-state index in [4.69, 9.17) is 11.6 Å². The fourth-order valence-electron chi connectivity index (χ4n) is 1.90. The van der Waals surface area contributed by atoms with Gasteiger partial charge >= 0.3 is 0 Å². The molecule has 3 aromatic rings. The van der Waals surface area contributed by atoms with E-state index < -0.39 is 0 Å². The molecule has 4 nitrogen and oxygen atoms in total. The molecular weight excluding hydrogens is 240 g/mol. The Morgan fingerprint density at radius 3 is 1.82 bits per heavy atom. The summed E-state index contributed by atoms with van der Waals surface area (Å²) in [4.78, 5) is 29.2. The van der Waals surface area contributed by atoms with E-state index in [9.17, 15) is 9.59 Å². The molecule has 2 heterocycles. The Bertz CT molecular complexity index is 780. The molecule has 0 radical (unpaired) electrons. The number of halogens is 1. The Morgan fingerprint density at radius 2 is 1.35 bits per heavy atom. The van der Waals surface area contributed by atoms with Gasteiger partial charge in [-0.2, -0.15) is 0 Å². The summed E-state index contributed by atoms with van der Waals surface area (Å²) in [5.41, 5.74) is 0.749. The lowest BCUT2D eigenvalue weighted by Gasteiger charge is -2.04. The lowest BCUT2D eigenvalue weighted by atomic mass is 10.1. The molecule has 0 unspecified atom stereocenters. The van der Waals surface area contributed by atoms with Crippen LogP contribution in [0.1, 0.15) is 0 Å². The first kappa shape index (κ1) is 10.1. The Labute approximate surface area is 99.9 Å². The quantitative estimate of drug-likeness (QED) is 0.596. The van der Waals surface area contributed by atoms with Crippen LogP contribution in [0.5, 0.6) is 0 Å². The Morgan fingerprint density at radius 1 is 0.882 bits per heavy atom. The molecule has 0 aliphatic heterocycles. The molecule has 0 saturated heterocycles. The van der Waals surface area contributed by atoms with Crippen LogP contribution >= 0.6 is 11.6 Å². The fourth-order valence-corrected chi connectivity index (χ4v) is 2.21. The lowest BCUT2D eigenvalue weighted by Crippen LogP contribution is -2.05. The Balaban J connectivity index is 2.73. The zero-order valence-electron chi connectivity index (χ0n) is 8.58. The van der Waals surface area contributed by atoms with Crippen LogP contribution < -0.4 is 10.9 Å². The number of hydrogen-bond acceptors (Lipinski definition) is 2. The van der Waals surface area contributed by atoms with Gasteiger partial charge in [0.25, 0.3) is 0 Å². The maximum absolute atomic E-state index is 11.7. The lowest BCUT2D eigenvalue weighted by molar-refractivity contribution is 1.36. The summed E-state index contributed by atoms with van der Waals surface area (Å²) < 4.78 is 0. The van der Waals surface area contributed by atoms with Crippen molar-refractivity contribution < 1.29 is 0 Å². The van der Waals surface area contributed by atoms with Gasteiger partial charge in [-0.05, 0) is 6.07 Å². The summed E-state index contributed by atoms with van der Waals surface area (Å²) in [6, 6.07) is 4.37. The van der Waals surface area contributed by atoms with Crippen molar-refractivity contribution in [1.29, 1.82) is 0 Å². The first-order valence-electron chi connectivity index (χ1n) is 5.00. The monoisotopic (exact) mass is 246 g/mol. The van der Waals surface area contributed by atoms with E-state index in [0.29, 0.717) is 26.8 Å². The third-order valence-corrected chi connectivity index (χ3v) is 3.10. The molecule has 0 spiro atoms. The summed E-state index contributed by atoms with van der Waals surface area (Å²) in [6.45, 7) is 0. The van der Waals surface area contributed by atoms with Gasteiger partial charge in [-0.15, -0.1) is 0 Å². The van der Waals surface area contributed by atoms with Crippen LogP contribution in [-0.2, 0) is 0 Å². The van der Waals surface area contributed by atoms with Gasteiger partial charge in [-0.1, -0.05) is 11.6 Å². The van der Waals surface area contributed by atoms with Gasteiger partial charge < -0.3 is 9.97 Å². The van der Waals surface area contributed by atoms with Gasteiger partial charge in [-0.3, -0.25) is 9.59 Å². The minimum absolute atomic E-state index is 0.161. The molecule has 0 saturated carbocycles. The highest BCUT2D eigenvalue weighted by atomic mass is 35.5. The minimum atomic E-state index is -0.161. The number of aromatic amines is 2. The summed E-state index contributed by atoms with van der Waals surface area (Å²) in [5.74, 6) is 0. The van der Waals surface area contributed by atoms with Gasteiger partial charge in [0.05, 0.1) is 16.1 Å². The van der Waals surface area contributed by atoms with E-state index in [1.807, 2.05) is 0 Å². The van der Waals surface area contributed by atoms with Gasteiger partial charge in [-0.25, -0.2) is 0 Å². The zero-order chi connectivity index (χ0) is 12.0. The van der Waals surface area contributed by atoms with Crippen LogP contribution in [0.3, 0.4) is 0 Å². The van der Waals surface area contributed by atoms with Crippen LogP contribution in [0.25, 0.3) is 21.8 Å². The van der Waals surface area contributed by atoms with Crippen LogP contribution in [0.4, 0.5) is 0 Å². The van der Waals surface area contributed by atoms with Crippen molar-refractivity contribution in [3.05, 3.63) is 56.1 Å². The molecule has 17 heavy (non-hydrogen) atoms. The maximum Gasteiger partial charge on any atom is 0.189 e. The predicted molar refractivity (Wildman–Crippen MR) is 67.7 cm³/mol. The predicted octanol–water partition coefficient (Wildman–Crippen LogP) is 2.02. The Hall–Kier alpha value is -2.07. The highest BCUT2D eigenvalue weighted by molar-refractivity contribution is 6.39. The topological polar surface area (TPSA) is 65.7 Å². The van der Waals surface area contributed by atoms with Gasteiger partial charge in [0, 0.05) is 35.3 Å². The fraction of sp³-hybridized carbons (Fsp3) is 0. The number of pyridine rings is 2. The molecule has 2 aromatic heterocycles. The standard InChI is InChI=1S/C12H7ClN2O2/c13-10-11-6(8(16)1-3-14-11)5-7-9(17)2-4-15-12(7)10/h1-5H,(H,14,16)(H,15,17). The second kappa shape index (κ2) is 3.46. The number of rotatable bonds is 0. The minimum Gasteiger partial charge on any atom is -0.360 e. The number of aromatic nitrogens is 2. The smallest absolute Gasteiger partial charge is 0.189 e. The Kier molecular flexibility index (Phi) is 2.06. The van der Waals surface area contributed by atoms with Crippen LogP contribution in [-0.4, -0.2) is 9.97 Å². The third kappa shape index (κ3) is 1.38. The van der Waals surface area contributed by atoms with Crippen LogP contribution in [0, 0.1) is 0 Å². The molecule has 0 bridgehead atoms. The molecular formula is C12H7ClN2O2. The molecule has 84 valence electrons. The van der Waals surface area contributed by atoms with E-state index in [2.05, 4.69) is 9.97 Å². The van der Waals surface area contributed by atoms with Crippen molar-refractivity contribution in [2.75, 3.05) is 0 Å². The molecule has 1 aromatic carbocycles. The van der Waals surface area contributed by atoms with Crippen molar-refractivity contribution in [2.45, 2.75) is 0 Å². The molecule has 0 amide bonds. The molecule has 0 fully saturated rings. The zero-order valence-corrected chi connectivity index (χ0v) is 9.34. The summed E-state index contributed by atoms with van der Waals surface area (Å²) in [5, 5.41) is 1.19. The highest BCUT2D eigenvalue weighted by Crippen LogP contribution is 2.26. The first-order chi connectivity index (χ1) is 8.18. The largest absolute Gasteiger partial charge is 0.360 e. The van der Waals surface area contributed by atoms with E-state index in [-0.39, 0.29) is 10.9 Å². The molecule has 0 atom stereocenters. The second-order valence-corrected chi connectivity index (χ2v) is 4.10. The number of H-pyrrole nitrogens is 2. The number of hydrogen-bond donors (Lipinski definition) is 2. The SMILES string of the molecule is O=c1cc[nH]c2c(Cl)c3[nH]ccc(=O)c3cc12. The maximum atomic E-state index is 11.7. The molecule has 0 aliphatic rings. The van der Waals surface area contributed by atoms with Gasteiger partial charge in [0.15, 0.2) is 10.9 Å². The number of nitrogens with one attached hydrogen (secondary N) is 2. The van der Waals surface area contributed by atoms with E-state index in [0.717, 1.165) is 0 Å². The van der Waals surface area contributed by atoms with Crippen molar-refractivity contribution in [3.63, 3.8) is 0 Å². The second-order valence-electron chi connectivity index (χ2n) is 3.72. The molecule has 0 aliphatic carbocycles. The van der Waals surface area contributed by atoms with Crippen molar-refractivity contribution >= 4 is 33.4 Å². The van der Waals surface area contributed by atoms with E-state index >= 15 is 0 Å². The molecule has 3 rings (SSSR count). The van der Waals surface area contributed by atoms with E-state index in [1.165, 1.54) is 24.5 Å². The van der Waals surface area contributed by atoms with Crippen LogP contribution in [0.2, 0.25) is 5.02 Å². The summed E-state index contributed by atoms with van der Waals surface area (Å²) in [7, 11) is 0.